The van der Waals surface area contributed by atoms with Crippen molar-refractivity contribution in [2.45, 2.75) is 19.9 Å². The van der Waals surface area contributed by atoms with Crippen molar-refractivity contribution in [3.05, 3.63) is 70.6 Å². The van der Waals surface area contributed by atoms with Gasteiger partial charge in [-0.15, -0.1) is 0 Å². The minimum atomic E-state index is 0.331. The van der Waals surface area contributed by atoms with Crippen LogP contribution in [0, 0.1) is 5.92 Å². The van der Waals surface area contributed by atoms with Crippen LogP contribution in [0.1, 0.15) is 13.8 Å². The third kappa shape index (κ3) is 1.40. The lowest BCUT2D eigenvalue weighted by molar-refractivity contribution is 0.791. The van der Waals surface area contributed by atoms with Crippen molar-refractivity contribution in [3.8, 4) is 0 Å². The quantitative estimate of drug-likeness (QED) is 0.699. The molecule has 2 unspecified atom stereocenters. The minimum absolute atomic E-state index is 0.331. The van der Waals surface area contributed by atoms with Crippen LogP contribution in [0.5, 0.6) is 0 Å². The standard InChI is InChI=1S/C17H16N2/c1-10-9-14-12-5-3-4-6-15(12)19-17(14)13-7-8-18-11(2)16(10)13/h3-9,15-16,19H,1-2H3. The number of nitrogens with one attached hydrogen (secondary N) is 1. The van der Waals surface area contributed by atoms with E-state index in [9.17, 15) is 0 Å². The molecule has 0 fully saturated rings. The van der Waals surface area contributed by atoms with Gasteiger partial charge in [0.1, 0.15) is 0 Å². The summed E-state index contributed by atoms with van der Waals surface area (Å²) in [6.45, 7) is 4.33. The van der Waals surface area contributed by atoms with Gasteiger partial charge in [-0.3, -0.25) is 4.99 Å². The van der Waals surface area contributed by atoms with Crippen LogP contribution >= 0.6 is 0 Å². The summed E-state index contributed by atoms with van der Waals surface area (Å²) in [5, 5.41) is 3.65. The van der Waals surface area contributed by atoms with Crippen LogP contribution in [0.4, 0.5) is 0 Å². The first-order valence-corrected chi connectivity index (χ1v) is 6.75. The lowest BCUT2D eigenvalue weighted by Gasteiger charge is -2.28. The van der Waals surface area contributed by atoms with E-state index in [4.69, 9.17) is 0 Å². The predicted octanol–water partition coefficient (Wildman–Crippen LogP) is 3.20. The number of rotatable bonds is 0. The van der Waals surface area contributed by atoms with Crippen molar-refractivity contribution in [2.75, 3.05) is 0 Å². The maximum absolute atomic E-state index is 4.46. The van der Waals surface area contributed by atoms with Crippen molar-refractivity contribution >= 4 is 5.71 Å². The van der Waals surface area contributed by atoms with Gasteiger partial charge in [-0.25, -0.2) is 0 Å². The molecule has 4 rings (SSSR count). The molecule has 0 aromatic carbocycles. The summed E-state index contributed by atoms with van der Waals surface area (Å²) in [7, 11) is 0. The SMILES string of the molecule is CC1=CC2=C3C=CC=CC3NC2=C2C=CN=C(C)C12. The molecule has 2 aliphatic carbocycles. The zero-order valence-corrected chi connectivity index (χ0v) is 11.1. The molecule has 2 heteroatoms. The highest BCUT2D eigenvalue weighted by Gasteiger charge is 2.34. The largest absolute Gasteiger partial charge is 0.374 e. The van der Waals surface area contributed by atoms with Crippen LogP contribution in [0.3, 0.4) is 0 Å². The summed E-state index contributed by atoms with van der Waals surface area (Å²) in [6, 6.07) is 0.331. The molecule has 19 heavy (non-hydrogen) atoms. The molecule has 4 aliphatic rings. The molecule has 2 nitrogen and oxygen atoms in total. The molecular weight excluding hydrogens is 232 g/mol. The van der Waals surface area contributed by atoms with Crippen molar-refractivity contribution < 1.29 is 0 Å². The summed E-state index contributed by atoms with van der Waals surface area (Å²) in [5.74, 6) is 0.352. The number of allylic oxidation sites excluding steroid dienone is 6. The second kappa shape index (κ2) is 3.70. The van der Waals surface area contributed by atoms with E-state index in [2.05, 4.69) is 60.6 Å². The van der Waals surface area contributed by atoms with Gasteiger partial charge < -0.3 is 5.32 Å². The highest BCUT2D eigenvalue weighted by Crippen LogP contribution is 2.41. The van der Waals surface area contributed by atoms with E-state index >= 15 is 0 Å². The van der Waals surface area contributed by atoms with Crippen LogP contribution in [0.25, 0.3) is 0 Å². The van der Waals surface area contributed by atoms with Crippen molar-refractivity contribution in [1.29, 1.82) is 0 Å². The smallest absolute Gasteiger partial charge is 0.0707 e. The molecule has 0 radical (unpaired) electrons. The topological polar surface area (TPSA) is 24.4 Å². The molecule has 0 aromatic rings. The van der Waals surface area contributed by atoms with Crippen molar-refractivity contribution in [3.63, 3.8) is 0 Å². The van der Waals surface area contributed by atoms with Gasteiger partial charge in [-0.1, -0.05) is 36.0 Å². The molecule has 0 saturated carbocycles. The third-order valence-corrected chi connectivity index (χ3v) is 4.28. The highest BCUT2D eigenvalue weighted by molar-refractivity contribution is 5.93. The third-order valence-electron chi connectivity index (χ3n) is 4.28. The Morgan fingerprint density at radius 3 is 2.89 bits per heavy atom. The van der Waals surface area contributed by atoms with E-state index in [1.165, 1.54) is 33.7 Å². The molecule has 0 bridgehead atoms. The number of hydrogen-bond donors (Lipinski definition) is 1. The summed E-state index contributed by atoms with van der Waals surface area (Å²) in [4.78, 5) is 4.46. The van der Waals surface area contributed by atoms with Crippen LogP contribution in [-0.4, -0.2) is 11.8 Å². The van der Waals surface area contributed by atoms with Gasteiger partial charge in [0.25, 0.3) is 0 Å². The first-order chi connectivity index (χ1) is 9.25. The Morgan fingerprint density at radius 1 is 1.11 bits per heavy atom. The average Bonchev–Trinajstić information content (AvgIpc) is 2.78. The van der Waals surface area contributed by atoms with E-state index in [1.54, 1.807) is 0 Å². The maximum atomic E-state index is 4.46. The summed E-state index contributed by atoms with van der Waals surface area (Å²) in [6.07, 6.45) is 15.1. The van der Waals surface area contributed by atoms with E-state index in [1.807, 2.05) is 6.20 Å². The van der Waals surface area contributed by atoms with E-state index in [0.717, 1.165) is 0 Å². The molecule has 2 aliphatic heterocycles. The van der Waals surface area contributed by atoms with Gasteiger partial charge in [-0.05, 0) is 31.1 Å². The van der Waals surface area contributed by atoms with Gasteiger partial charge >= 0.3 is 0 Å². The van der Waals surface area contributed by atoms with E-state index in [0.29, 0.717) is 12.0 Å². The van der Waals surface area contributed by atoms with Gasteiger partial charge in [0, 0.05) is 29.1 Å². The molecule has 2 atom stereocenters. The van der Waals surface area contributed by atoms with Crippen molar-refractivity contribution in [1.82, 2.24) is 5.32 Å². The second-order valence-corrected chi connectivity index (χ2v) is 5.47. The van der Waals surface area contributed by atoms with Gasteiger partial charge in [0.15, 0.2) is 0 Å². The normalized spacial score (nSPS) is 30.6. The first kappa shape index (κ1) is 10.8. The average molecular weight is 248 g/mol. The number of fused-ring (bicyclic) bond motifs is 3. The minimum Gasteiger partial charge on any atom is -0.374 e. The number of nitrogens with zero attached hydrogens (tertiary/aromatic N) is 1. The van der Waals surface area contributed by atoms with Crippen LogP contribution in [0.2, 0.25) is 0 Å². The van der Waals surface area contributed by atoms with Crippen molar-refractivity contribution in [2.24, 2.45) is 10.9 Å². The number of aliphatic imine (C=N–C) groups is 1. The lowest BCUT2D eigenvalue weighted by atomic mass is 9.79. The zero-order chi connectivity index (χ0) is 13.0. The Kier molecular flexibility index (Phi) is 2.10. The maximum Gasteiger partial charge on any atom is 0.0707 e. The number of hydrogen-bond acceptors (Lipinski definition) is 2. The lowest BCUT2D eigenvalue weighted by Crippen LogP contribution is -2.27. The molecule has 0 saturated heterocycles. The molecular formula is C17H16N2. The Morgan fingerprint density at radius 2 is 2.00 bits per heavy atom. The van der Waals surface area contributed by atoms with Gasteiger partial charge in [0.2, 0.25) is 0 Å². The predicted molar refractivity (Wildman–Crippen MR) is 78.8 cm³/mol. The Labute approximate surface area is 113 Å². The fourth-order valence-electron chi connectivity index (χ4n) is 3.44. The highest BCUT2D eigenvalue weighted by atomic mass is 15.0. The van der Waals surface area contributed by atoms with Gasteiger partial charge in [0.05, 0.1) is 6.04 Å². The monoisotopic (exact) mass is 248 g/mol. The van der Waals surface area contributed by atoms with Gasteiger partial charge in [-0.2, -0.15) is 0 Å². The Bertz CT molecular complexity index is 678. The van der Waals surface area contributed by atoms with Crippen LogP contribution in [-0.2, 0) is 0 Å². The molecule has 94 valence electrons. The second-order valence-electron chi connectivity index (χ2n) is 5.47. The zero-order valence-electron chi connectivity index (χ0n) is 11.1. The molecule has 2 heterocycles. The van der Waals surface area contributed by atoms with Crippen LogP contribution in [0.15, 0.2) is 75.6 Å². The summed E-state index contributed by atoms with van der Waals surface area (Å²) < 4.78 is 0. The van der Waals surface area contributed by atoms with Crippen LogP contribution < -0.4 is 5.32 Å². The Hall–Kier alpha value is -2.09. The summed E-state index contributed by atoms with van der Waals surface area (Å²) in [5.41, 5.74) is 7.97. The molecule has 0 spiro atoms. The Balaban J connectivity index is 1.94. The molecule has 0 amide bonds. The van der Waals surface area contributed by atoms with E-state index < -0.39 is 0 Å². The van der Waals surface area contributed by atoms with E-state index in [-0.39, 0.29) is 0 Å². The first-order valence-electron chi connectivity index (χ1n) is 6.75. The fraction of sp³-hybridized carbons (Fsp3) is 0.235. The molecule has 0 aromatic heterocycles. The fourth-order valence-corrected chi connectivity index (χ4v) is 3.44. The summed E-state index contributed by atoms with van der Waals surface area (Å²) >= 11 is 0. The molecule has 1 N–H and O–H groups in total.